The highest BCUT2D eigenvalue weighted by molar-refractivity contribution is 5.92. The molecule has 22 heavy (non-hydrogen) atoms. The Balaban J connectivity index is 1.69. The minimum atomic E-state index is -0.0166. The van der Waals surface area contributed by atoms with Gasteiger partial charge in [-0.05, 0) is 25.5 Å². The van der Waals surface area contributed by atoms with Crippen molar-refractivity contribution in [2.24, 2.45) is 0 Å². The van der Waals surface area contributed by atoms with E-state index in [9.17, 15) is 4.79 Å². The molecule has 0 aliphatic carbocycles. The third-order valence-electron chi connectivity index (χ3n) is 4.02. The molecule has 2 heterocycles. The van der Waals surface area contributed by atoms with Crippen LogP contribution in [0.2, 0.25) is 0 Å². The molecule has 0 bridgehead atoms. The van der Waals surface area contributed by atoms with Gasteiger partial charge < -0.3 is 10.2 Å². The summed E-state index contributed by atoms with van der Waals surface area (Å²) in [5, 5.41) is 11.3. The van der Waals surface area contributed by atoms with Gasteiger partial charge >= 0.3 is 0 Å². The summed E-state index contributed by atoms with van der Waals surface area (Å²) >= 11 is 0. The van der Waals surface area contributed by atoms with Crippen LogP contribution >= 0.6 is 0 Å². The van der Waals surface area contributed by atoms with Crippen LogP contribution in [0.4, 0.5) is 0 Å². The molecule has 1 amide bonds. The van der Waals surface area contributed by atoms with Gasteiger partial charge in [-0.15, -0.1) is 5.10 Å². The van der Waals surface area contributed by atoms with E-state index in [1.54, 1.807) is 10.9 Å². The molecular formula is C16H21N5O. The van der Waals surface area contributed by atoms with Gasteiger partial charge in [-0.2, -0.15) is 0 Å². The minimum absolute atomic E-state index is 0.0166. The Morgan fingerprint density at radius 3 is 2.95 bits per heavy atom. The first-order valence-corrected chi connectivity index (χ1v) is 7.67. The fourth-order valence-electron chi connectivity index (χ4n) is 2.94. The molecule has 2 aromatic rings. The van der Waals surface area contributed by atoms with Gasteiger partial charge in [0.15, 0.2) is 5.69 Å². The third kappa shape index (κ3) is 3.17. The highest BCUT2D eigenvalue weighted by atomic mass is 16.2. The lowest BCUT2D eigenvalue weighted by atomic mass is 10.2. The second-order valence-corrected chi connectivity index (χ2v) is 5.64. The van der Waals surface area contributed by atoms with E-state index < -0.39 is 0 Å². The summed E-state index contributed by atoms with van der Waals surface area (Å²) in [4.78, 5) is 14.5. The Morgan fingerprint density at radius 1 is 1.36 bits per heavy atom. The van der Waals surface area contributed by atoms with Crippen LogP contribution < -0.4 is 5.32 Å². The first kappa shape index (κ1) is 14.7. The Kier molecular flexibility index (Phi) is 4.48. The topological polar surface area (TPSA) is 63.1 Å². The maximum atomic E-state index is 12.6. The summed E-state index contributed by atoms with van der Waals surface area (Å²) in [6.07, 6.45) is 3.84. The normalized spacial score (nSPS) is 17.9. The highest BCUT2D eigenvalue weighted by Crippen LogP contribution is 2.18. The number of benzene rings is 1. The van der Waals surface area contributed by atoms with Gasteiger partial charge in [0.2, 0.25) is 0 Å². The first-order valence-electron chi connectivity index (χ1n) is 7.67. The molecule has 1 N–H and O–H groups in total. The average Bonchev–Trinajstić information content (AvgIpc) is 3.18. The lowest BCUT2D eigenvalue weighted by Gasteiger charge is -2.23. The van der Waals surface area contributed by atoms with Crippen molar-refractivity contribution >= 4 is 5.91 Å². The van der Waals surface area contributed by atoms with Crippen molar-refractivity contribution in [3.05, 3.63) is 47.8 Å². The maximum absolute atomic E-state index is 12.6. The number of nitrogens with one attached hydrogen (secondary N) is 1. The van der Waals surface area contributed by atoms with Crippen LogP contribution in [-0.2, 0) is 6.54 Å². The summed E-state index contributed by atoms with van der Waals surface area (Å²) < 4.78 is 1.71. The smallest absolute Gasteiger partial charge is 0.276 e. The summed E-state index contributed by atoms with van der Waals surface area (Å²) in [6.45, 7) is 2.25. The van der Waals surface area contributed by atoms with E-state index in [2.05, 4.69) is 15.6 Å². The molecule has 6 nitrogen and oxygen atoms in total. The number of aromatic nitrogens is 3. The molecule has 1 aromatic heterocycles. The Labute approximate surface area is 130 Å². The van der Waals surface area contributed by atoms with Gasteiger partial charge in [0, 0.05) is 19.1 Å². The van der Waals surface area contributed by atoms with Crippen molar-refractivity contribution < 1.29 is 4.79 Å². The van der Waals surface area contributed by atoms with E-state index in [-0.39, 0.29) is 11.9 Å². The number of amides is 1. The second kappa shape index (κ2) is 6.70. The van der Waals surface area contributed by atoms with E-state index in [4.69, 9.17) is 0 Å². The van der Waals surface area contributed by atoms with Crippen LogP contribution in [0.25, 0.3) is 0 Å². The number of hydrogen-bond donors (Lipinski definition) is 1. The maximum Gasteiger partial charge on any atom is 0.276 e. The van der Waals surface area contributed by atoms with E-state index >= 15 is 0 Å². The lowest BCUT2D eigenvalue weighted by molar-refractivity contribution is 0.0731. The number of likely N-dealkylation sites (tertiary alicyclic amines) is 1. The first-order chi connectivity index (χ1) is 10.8. The standard InChI is InChI=1S/C16H21N5O/c1-17-10-14-8-5-9-21(14)16(22)15-12-20(19-18-15)11-13-6-3-2-4-7-13/h2-4,6-7,12,14,17H,5,8-11H2,1H3. The SMILES string of the molecule is CNCC1CCCN1C(=O)c1cn(Cc2ccccc2)nn1. The highest BCUT2D eigenvalue weighted by Gasteiger charge is 2.30. The zero-order valence-electron chi connectivity index (χ0n) is 12.8. The predicted octanol–water partition coefficient (Wildman–Crippen LogP) is 1.15. The van der Waals surface area contributed by atoms with E-state index in [1.165, 1.54) is 0 Å². The molecule has 6 heteroatoms. The molecule has 1 aliphatic rings. The van der Waals surface area contributed by atoms with Gasteiger partial charge in [0.25, 0.3) is 5.91 Å². The van der Waals surface area contributed by atoms with Gasteiger partial charge in [0.1, 0.15) is 0 Å². The number of hydrogen-bond acceptors (Lipinski definition) is 4. The molecule has 1 atom stereocenters. The molecule has 0 saturated carbocycles. The molecule has 0 radical (unpaired) electrons. The second-order valence-electron chi connectivity index (χ2n) is 5.64. The van der Waals surface area contributed by atoms with E-state index in [0.29, 0.717) is 12.2 Å². The Hall–Kier alpha value is -2.21. The van der Waals surface area contributed by atoms with Crippen LogP contribution in [0.3, 0.4) is 0 Å². The molecule has 1 fully saturated rings. The third-order valence-corrected chi connectivity index (χ3v) is 4.02. The quantitative estimate of drug-likeness (QED) is 0.899. The average molecular weight is 299 g/mol. The van der Waals surface area contributed by atoms with E-state index in [1.807, 2.05) is 42.3 Å². The molecule has 1 unspecified atom stereocenters. The van der Waals surface area contributed by atoms with Crippen molar-refractivity contribution in [3.8, 4) is 0 Å². The summed E-state index contributed by atoms with van der Waals surface area (Å²) in [7, 11) is 1.91. The Bertz CT molecular complexity index is 624. The van der Waals surface area contributed by atoms with Gasteiger partial charge in [0.05, 0.1) is 12.7 Å². The van der Waals surface area contributed by atoms with Crippen LogP contribution in [0.15, 0.2) is 36.5 Å². The molecule has 116 valence electrons. The van der Waals surface area contributed by atoms with Crippen molar-refractivity contribution in [2.45, 2.75) is 25.4 Å². The van der Waals surface area contributed by atoms with Gasteiger partial charge in [-0.3, -0.25) is 4.79 Å². The zero-order valence-corrected chi connectivity index (χ0v) is 12.8. The van der Waals surface area contributed by atoms with Crippen LogP contribution in [0, 0.1) is 0 Å². The fraction of sp³-hybridized carbons (Fsp3) is 0.438. The summed E-state index contributed by atoms with van der Waals surface area (Å²) in [6, 6.07) is 10.3. The largest absolute Gasteiger partial charge is 0.333 e. The van der Waals surface area contributed by atoms with E-state index in [0.717, 1.165) is 31.5 Å². The van der Waals surface area contributed by atoms with Crippen LogP contribution in [-0.4, -0.2) is 52.0 Å². The fourth-order valence-corrected chi connectivity index (χ4v) is 2.94. The summed E-state index contributed by atoms with van der Waals surface area (Å²) in [5.41, 5.74) is 1.57. The molecule has 1 aliphatic heterocycles. The number of carbonyl (C=O) groups excluding carboxylic acids is 1. The zero-order chi connectivity index (χ0) is 15.4. The number of nitrogens with zero attached hydrogens (tertiary/aromatic N) is 4. The number of likely N-dealkylation sites (N-methyl/N-ethyl adjacent to an activating group) is 1. The molecule has 1 aromatic carbocycles. The van der Waals surface area contributed by atoms with Crippen molar-refractivity contribution in [1.82, 2.24) is 25.2 Å². The molecule has 0 spiro atoms. The predicted molar refractivity (Wildman–Crippen MR) is 83.6 cm³/mol. The molecule has 3 rings (SSSR count). The van der Waals surface area contributed by atoms with Crippen molar-refractivity contribution in [2.75, 3.05) is 20.1 Å². The number of carbonyl (C=O) groups is 1. The lowest BCUT2D eigenvalue weighted by Crippen LogP contribution is -2.41. The van der Waals surface area contributed by atoms with Gasteiger partial charge in [-0.1, -0.05) is 35.5 Å². The monoisotopic (exact) mass is 299 g/mol. The molecular weight excluding hydrogens is 278 g/mol. The van der Waals surface area contributed by atoms with Crippen LogP contribution in [0.5, 0.6) is 0 Å². The van der Waals surface area contributed by atoms with Gasteiger partial charge in [-0.25, -0.2) is 4.68 Å². The minimum Gasteiger partial charge on any atom is -0.333 e. The Morgan fingerprint density at radius 2 is 2.18 bits per heavy atom. The number of rotatable bonds is 5. The molecule has 1 saturated heterocycles. The van der Waals surface area contributed by atoms with Crippen molar-refractivity contribution in [3.63, 3.8) is 0 Å². The van der Waals surface area contributed by atoms with Crippen molar-refractivity contribution in [1.29, 1.82) is 0 Å². The summed E-state index contributed by atoms with van der Waals surface area (Å²) in [5.74, 6) is -0.0166. The van der Waals surface area contributed by atoms with Crippen LogP contribution in [0.1, 0.15) is 28.9 Å².